The van der Waals surface area contributed by atoms with Crippen LogP contribution < -0.4 is 5.43 Å². The van der Waals surface area contributed by atoms with Crippen molar-refractivity contribution < 1.29 is 18.3 Å². The van der Waals surface area contributed by atoms with Crippen molar-refractivity contribution in [3.63, 3.8) is 0 Å². The summed E-state index contributed by atoms with van der Waals surface area (Å²) < 4.78 is 28.4. The maximum absolute atomic E-state index is 13.6. The van der Waals surface area contributed by atoms with Gasteiger partial charge in [0, 0.05) is 6.54 Å². The molecule has 3 aromatic carbocycles. The van der Waals surface area contributed by atoms with Gasteiger partial charge in [-0.2, -0.15) is 9.41 Å². The lowest BCUT2D eigenvalue weighted by molar-refractivity contribution is -0.121. The van der Waals surface area contributed by atoms with E-state index in [2.05, 4.69) is 10.5 Å². The summed E-state index contributed by atoms with van der Waals surface area (Å²) in [4.78, 5) is 12.8. The molecule has 0 radical (unpaired) electrons. The van der Waals surface area contributed by atoms with Gasteiger partial charge in [0.15, 0.2) is 0 Å². The van der Waals surface area contributed by atoms with Crippen molar-refractivity contribution in [1.82, 2.24) is 9.73 Å². The van der Waals surface area contributed by atoms with Crippen LogP contribution in [-0.2, 0) is 21.4 Å². The molecule has 0 saturated heterocycles. The van der Waals surface area contributed by atoms with Gasteiger partial charge in [0.2, 0.25) is 10.0 Å². The van der Waals surface area contributed by atoms with Crippen LogP contribution in [0.3, 0.4) is 0 Å². The van der Waals surface area contributed by atoms with Crippen LogP contribution in [0.5, 0.6) is 5.75 Å². The SMILES string of the molecule is Cc1cc(C)c(S(=O)(=O)N(CC(=O)N/N=C\c2ccc(O)cc2)Cc2ccccc2)c(C)c1. The number of rotatable bonds is 8. The second kappa shape index (κ2) is 10.4. The van der Waals surface area contributed by atoms with E-state index in [1.54, 1.807) is 26.0 Å². The highest BCUT2D eigenvalue weighted by molar-refractivity contribution is 7.89. The first-order chi connectivity index (χ1) is 15.7. The zero-order chi connectivity index (χ0) is 24.0. The Bertz CT molecular complexity index is 1230. The van der Waals surface area contributed by atoms with Gasteiger partial charge in [-0.25, -0.2) is 13.8 Å². The number of nitrogens with zero attached hydrogens (tertiary/aromatic N) is 2. The summed E-state index contributed by atoms with van der Waals surface area (Å²) in [6.45, 7) is 5.09. The summed E-state index contributed by atoms with van der Waals surface area (Å²) in [5, 5.41) is 13.2. The molecule has 33 heavy (non-hydrogen) atoms. The van der Waals surface area contributed by atoms with Gasteiger partial charge >= 0.3 is 0 Å². The van der Waals surface area contributed by atoms with Gasteiger partial charge in [0.1, 0.15) is 5.75 Å². The molecule has 0 heterocycles. The third-order valence-corrected chi connectivity index (χ3v) is 7.12. The zero-order valence-corrected chi connectivity index (χ0v) is 19.6. The van der Waals surface area contributed by atoms with Crippen LogP contribution >= 0.6 is 0 Å². The van der Waals surface area contributed by atoms with Crippen molar-refractivity contribution in [2.75, 3.05) is 6.54 Å². The Labute approximate surface area is 194 Å². The minimum atomic E-state index is -3.96. The highest BCUT2D eigenvalue weighted by atomic mass is 32.2. The predicted molar refractivity (Wildman–Crippen MR) is 129 cm³/mol. The molecule has 0 atom stereocenters. The van der Waals surface area contributed by atoms with Gasteiger partial charge in [-0.15, -0.1) is 0 Å². The third-order valence-electron chi connectivity index (χ3n) is 5.02. The highest BCUT2D eigenvalue weighted by Gasteiger charge is 2.29. The topological polar surface area (TPSA) is 99.1 Å². The molecule has 0 spiro atoms. The number of aromatic hydroxyl groups is 1. The van der Waals surface area contributed by atoms with Crippen LogP contribution in [-0.4, -0.2) is 36.5 Å². The van der Waals surface area contributed by atoms with Gasteiger partial charge in [0.05, 0.1) is 17.7 Å². The minimum Gasteiger partial charge on any atom is -0.508 e. The van der Waals surface area contributed by atoms with Crippen molar-refractivity contribution in [3.05, 3.63) is 94.5 Å². The molecule has 0 bridgehead atoms. The lowest BCUT2D eigenvalue weighted by Crippen LogP contribution is -2.39. The molecule has 0 aliphatic heterocycles. The fourth-order valence-electron chi connectivity index (χ4n) is 3.65. The largest absolute Gasteiger partial charge is 0.508 e. The smallest absolute Gasteiger partial charge is 0.255 e. The molecule has 172 valence electrons. The number of nitrogens with one attached hydrogen (secondary N) is 1. The van der Waals surface area contributed by atoms with E-state index < -0.39 is 22.5 Å². The summed E-state index contributed by atoms with van der Waals surface area (Å²) in [5.74, 6) is -0.438. The first-order valence-electron chi connectivity index (χ1n) is 10.4. The molecule has 0 aliphatic carbocycles. The molecule has 1 amide bonds. The molecule has 0 fully saturated rings. The van der Waals surface area contributed by atoms with Crippen molar-refractivity contribution >= 4 is 22.1 Å². The summed E-state index contributed by atoms with van der Waals surface area (Å²) in [5.41, 5.74) is 6.07. The van der Waals surface area contributed by atoms with E-state index in [1.807, 2.05) is 49.4 Å². The fraction of sp³-hybridized carbons (Fsp3) is 0.200. The minimum absolute atomic E-state index is 0.0467. The first-order valence-corrected chi connectivity index (χ1v) is 11.8. The van der Waals surface area contributed by atoms with Crippen LogP contribution in [0.15, 0.2) is 76.7 Å². The van der Waals surface area contributed by atoms with E-state index in [0.717, 1.165) is 11.1 Å². The second-order valence-corrected chi connectivity index (χ2v) is 9.75. The number of sulfonamides is 1. The Morgan fingerprint density at radius 2 is 1.61 bits per heavy atom. The Morgan fingerprint density at radius 1 is 1.00 bits per heavy atom. The van der Waals surface area contributed by atoms with Gasteiger partial charge in [-0.05, 0) is 67.3 Å². The van der Waals surface area contributed by atoms with Crippen molar-refractivity contribution in [3.8, 4) is 5.75 Å². The molecular weight excluding hydrogens is 438 g/mol. The van der Waals surface area contributed by atoms with E-state index >= 15 is 0 Å². The fourth-order valence-corrected chi connectivity index (χ4v) is 5.45. The number of carbonyl (C=O) groups excluding carboxylic acids is 1. The van der Waals surface area contributed by atoms with Crippen molar-refractivity contribution in [2.45, 2.75) is 32.2 Å². The quantitative estimate of drug-likeness (QED) is 0.392. The summed E-state index contributed by atoms with van der Waals surface area (Å²) in [7, 11) is -3.96. The Morgan fingerprint density at radius 3 is 2.21 bits per heavy atom. The number of benzene rings is 3. The monoisotopic (exact) mass is 465 g/mol. The van der Waals surface area contributed by atoms with Crippen LogP contribution in [0.2, 0.25) is 0 Å². The number of phenols is 1. The maximum atomic E-state index is 13.6. The summed E-state index contributed by atoms with van der Waals surface area (Å²) in [6, 6.07) is 19.1. The van der Waals surface area contributed by atoms with E-state index in [0.29, 0.717) is 16.7 Å². The Hall–Kier alpha value is -3.49. The molecule has 0 saturated carbocycles. The number of hydrazone groups is 1. The number of aryl methyl sites for hydroxylation is 3. The van der Waals surface area contributed by atoms with Gasteiger partial charge in [-0.3, -0.25) is 4.79 Å². The van der Waals surface area contributed by atoms with Crippen molar-refractivity contribution in [2.24, 2.45) is 5.10 Å². The second-order valence-electron chi connectivity index (χ2n) is 7.87. The van der Waals surface area contributed by atoms with Gasteiger partial charge in [0.25, 0.3) is 5.91 Å². The molecule has 0 aliphatic rings. The van der Waals surface area contributed by atoms with E-state index in [-0.39, 0.29) is 17.2 Å². The van der Waals surface area contributed by atoms with Crippen molar-refractivity contribution in [1.29, 1.82) is 0 Å². The summed E-state index contributed by atoms with van der Waals surface area (Å²) in [6.07, 6.45) is 1.42. The van der Waals surface area contributed by atoms with Crippen LogP contribution in [0.25, 0.3) is 0 Å². The molecule has 8 heteroatoms. The van der Waals surface area contributed by atoms with Crippen LogP contribution in [0, 0.1) is 20.8 Å². The predicted octanol–water partition coefficient (Wildman–Crippen LogP) is 3.66. The summed E-state index contributed by atoms with van der Waals surface area (Å²) >= 11 is 0. The van der Waals surface area contributed by atoms with E-state index in [1.165, 1.54) is 22.7 Å². The van der Waals surface area contributed by atoms with Crippen LogP contribution in [0.1, 0.15) is 27.8 Å². The van der Waals surface area contributed by atoms with E-state index in [4.69, 9.17) is 0 Å². The highest BCUT2D eigenvalue weighted by Crippen LogP contribution is 2.26. The number of phenolic OH excluding ortho intramolecular Hbond substituents is 1. The molecule has 3 aromatic rings. The van der Waals surface area contributed by atoms with Gasteiger partial charge in [-0.1, -0.05) is 48.0 Å². The average molecular weight is 466 g/mol. The molecule has 3 rings (SSSR count). The molecule has 0 aromatic heterocycles. The number of carbonyl (C=O) groups is 1. The third kappa shape index (κ3) is 6.27. The molecular formula is C25H27N3O4S. The number of amides is 1. The van der Waals surface area contributed by atoms with E-state index in [9.17, 15) is 18.3 Å². The average Bonchev–Trinajstić information content (AvgIpc) is 2.74. The lowest BCUT2D eigenvalue weighted by Gasteiger charge is -2.24. The Balaban J connectivity index is 1.85. The molecule has 0 unspecified atom stereocenters. The first kappa shape index (κ1) is 24.2. The normalized spacial score (nSPS) is 11.8. The zero-order valence-electron chi connectivity index (χ0n) is 18.8. The molecule has 7 nitrogen and oxygen atoms in total. The standard InChI is InChI=1S/C25H27N3O4S/c1-18-13-19(2)25(20(3)14-18)33(31,32)28(16-22-7-5-4-6-8-22)17-24(30)27-26-15-21-9-11-23(29)12-10-21/h4-15,29H,16-17H2,1-3H3,(H,27,30)/b26-15-. The number of hydrogen-bond acceptors (Lipinski definition) is 5. The van der Waals surface area contributed by atoms with Gasteiger partial charge < -0.3 is 5.11 Å². The Kier molecular flexibility index (Phi) is 7.63. The maximum Gasteiger partial charge on any atom is 0.255 e. The molecule has 2 N–H and O–H groups in total. The lowest BCUT2D eigenvalue weighted by atomic mass is 10.1. The van der Waals surface area contributed by atoms with Crippen LogP contribution in [0.4, 0.5) is 0 Å². The number of hydrogen-bond donors (Lipinski definition) is 2.